The van der Waals surface area contributed by atoms with Crippen molar-refractivity contribution in [3.05, 3.63) is 18.1 Å². The molecule has 1 aliphatic carbocycles. The Bertz CT molecular complexity index is 706. The number of rotatable bonds is 5. The van der Waals surface area contributed by atoms with Crippen molar-refractivity contribution in [3.63, 3.8) is 0 Å². The number of piperidine rings is 1. The van der Waals surface area contributed by atoms with Crippen molar-refractivity contribution in [1.82, 2.24) is 19.8 Å². The van der Waals surface area contributed by atoms with E-state index in [0.717, 1.165) is 23.7 Å². The second kappa shape index (κ2) is 9.35. The Morgan fingerprint density at radius 3 is 2.16 bits per heavy atom. The highest BCUT2D eigenvalue weighted by atomic mass is 15.3. The molecule has 0 spiro atoms. The molecule has 2 atom stereocenters. The fraction of sp³-hybridized carbons (Fsp3) is 0.846. The Morgan fingerprint density at radius 1 is 0.903 bits per heavy atom. The van der Waals surface area contributed by atoms with Gasteiger partial charge in [-0.05, 0) is 88.9 Å². The summed E-state index contributed by atoms with van der Waals surface area (Å²) < 4.78 is 0. The van der Waals surface area contributed by atoms with Crippen LogP contribution in [0.2, 0.25) is 0 Å². The molecule has 0 radical (unpaired) electrons. The number of aromatic nitrogens is 2. The maximum absolute atomic E-state index is 5.16. The third-order valence-electron chi connectivity index (χ3n) is 9.02. The smallest absolute Gasteiger partial charge is 0.133 e. The van der Waals surface area contributed by atoms with E-state index < -0.39 is 0 Å². The monoisotopic (exact) mass is 425 g/mol. The van der Waals surface area contributed by atoms with E-state index in [9.17, 15) is 0 Å². The van der Waals surface area contributed by atoms with Crippen LogP contribution in [0.1, 0.15) is 83.9 Å². The zero-order chi connectivity index (χ0) is 21.4. The Kier molecular flexibility index (Phi) is 6.52. The molecule has 0 amide bonds. The highest BCUT2D eigenvalue weighted by molar-refractivity contribution is 5.44. The lowest BCUT2D eigenvalue weighted by atomic mass is 9.78. The molecule has 3 saturated heterocycles. The molecule has 1 saturated carbocycles. The molecule has 4 aliphatic rings. The molecule has 4 fully saturated rings. The summed E-state index contributed by atoms with van der Waals surface area (Å²) in [7, 11) is 0. The average molecular weight is 426 g/mol. The van der Waals surface area contributed by atoms with Crippen LogP contribution in [0.5, 0.6) is 0 Å². The Balaban J connectivity index is 1.19. The molecule has 2 bridgehead atoms. The van der Waals surface area contributed by atoms with Crippen LogP contribution in [0.25, 0.3) is 0 Å². The van der Waals surface area contributed by atoms with Crippen LogP contribution in [-0.4, -0.2) is 70.6 Å². The molecule has 3 aliphatic heterocycles. The van der Waals surface area contributed by atoms with Crippen LogP contribution in [0.4, 0.5) is 5.82 Å². The van der Waals surface area contributed by atoms with Crippen molar-refractivity contribution < 1.29 is 0 Å². The summed E-state index contributed by atoms with van der Waals surface area (Å²) in [6, 6.07) is 4.28. The van der Waals surface area contributed by atoms with Gasteiger partial charge in [0.2, 0.25) is 0 Å². The Labute approximate surface area is 189 Å². The number of hydrogen-bond acceptors (Lipinski definition) is 5. The number of likely N-dealkylation sites (tertiary alicyclic amines) is 2. The van der Waals surface area contributed by atoms with Gasteiger partial charge in [-0.1, -0.05) is 20.8 Å². The molecule has 172 valence electrons. The van der Waals surface area contributed by atoms with Gasteiger partial charge >= 0.3 is 0 Å². The van der Waals surface area contributed by atoms with Crippen molar-refractivity contribution in [2.75, 3.05) is 37.6 Å². The first-order valence-electron chi connectivity index (χ1n) is 13.2. The molecule has 4 heterocycles. The third kappa shape index (κ3) is 4.50. The van der Waals surface area contributed by atoms with Crippen molar-refractivity contribution in [3.8, 4) is 0 Å². The predicted octanol–water partition coefficient (Wildman–Crippen LogP) is 4.54. The molecule has 5 nitrogen and oxygen atoms in total. The fourth-order valence-corrected chi connectivity index (χ4v) is 6.98. The van der Waals surface area contributed by atoms with Crippen LogP contribution in [-0.2, 0) is 0 Å². The first-order valence-corrected chi connectivity index (χ1v) is 13.2. The maximum atomic E-state index is 5.16. The van der Waals surface area contributed by atoms with Gasteiger partial charge in [0, 0.05) is 43.3 Å². The van der Waals surface area contributed by atoms with Crippen LogP contribution in [0.3, 0.4) is 0 Å². The minimum atomic E-state index is 0.540. The van der Waals surface area contributed by atoms with E-state index in [4.69, 9.17) is 9.97 Å². The molecule has 1 aromatic heterocycles. The molecule has 5 heteroatoms. The maximum Gasteiger partial charge on any atom is 0.133 e. The van der Waals surface area contributed by atoms with E-state index in [1.807, 2.05) is 6.20 Å². The quantitative estimate of drug-likeness (QED) is 0.692. The van der Waals surface area contributed by atoms with E-state index in [-0.39, 0.29) is 0 Å². The summed E-state index contributed by atoms with van der Waals surface area (Å²) in [6.45, 7) is 13.1. The van der Waals surface area contributed by atoms with Gasteiger partial charge in [-0.3, -0.25) is 4.90 Å². The summed E-state index contributed by atoms with van der Waals surface area (Å²) in [5.41, 5.74) is 0. The van der Waals surface area contributed by atoms with Crippen molar-refractivity contribution in [1.29, 1.82) is 0 Å². The summed E-state index contributed by atoms with van der Waals surface area (Å²) in [5.74, 6) is 4.66. The first-order chi connectivity index (χ1) is 15.1. The number of anilines is 1. The third-order valence-corrected chi connectivity index (χ3v) is 9.02. The minimum absolute atomic E-state index is 0.540. The molecule has 0 N–H and O–H groups in total. The summed E-state index contributed by atoms with van der Waals surface area (Å²) >= 11 is 0. The molecule has 1 aromatic rings. The lowest BCUT2D eigenvalue weighted by Crippen LogP contribution is -2.54. The van der Waals surface area contributed by atoms with Gasteiger partial charge in [0.15, 0.2) is 0 Å². The number of nitrogens with zero attached hydrogens (tertiary/aromatic N) is 5. The minimum Gasteiger partial charge on any atom is -0.348 e. The Hall–Kier alpha value is -1.20. The van der Waals surface area contributed by atoms with Crippen molar-refractivity contribution in [2.24, 2.45) is 11.8 Å². The first kappa shape index (κ1) is 21.6. The topological polar surface area (TPSA) is 35.5 Å². The Morgan fingerprint density at radius 2 is 1.55 bits per heavy atom. The van der Waals surface area contributed by atoms with Crippen LogP contribution >= 0.6 is 0 Å². The van der Waals surface area contributed by atoms with Gasteiger partial charge in [-0.15, -0.1) is 0 Å². The normalized spacial score (nSPS) is 33.4. The van der Waals surface area contributed by atoms with Gasteiger partial charge < -0.3 is 9.80 Å². The van der Waals surface area contributed by atoms with Gasteiger partial charge in [-0.2, -0.15) is 0 Å². The molecular weight excluding hydrogens is 382 g/mol. The molecule has 2 unspecified atom stereocenters. The zero-order valence-electron chi connectivity index (χ0n) is 20.0. The van der Waals surface area contributed by atoms with Crippen molar-refractivity contribution >= 4 is 5.82 Å². The molecule has 31 heavy (non-hydrogen) atoms. The van der Waals surface area contributed by atoms with Crippen LogP contribution in [0.15, 0.2) is 12.3 Å². The van der Waals surface area contributed by atoms with Gasteiger partial charge in [-0.25, -0.2) is 9.97 Å². The van der Waals surface area contributed by atoms with Gasteiger partial charge in [0.05, 0.1) is 0 Å². The van der Waals surface area contributed by atoms with Crippen LogP contribution < -0.4 is 4.90 Å². The lowest BCUT2D eigenvalue weighted by Gasteiger charge is -2.42. The largest absolute Gasteiger partial charge is 0.348 e. The summed E-state index contributed by atoms with van der Waals surface area (Å²) in [6.07, 6.45) is 12.8. The van der Waals surface area contributed by atoms with E-state index in [1.165, 1.54) is 89.9 Å². The van der Waals surface area contributed by atoms with Gasteiger partial charge in [0.1, 0.15) is 11.6 Å². The number of likely N-dealkylation sites (N-methyl/N-ethyl adjacent to an activating group) is 1. The number of hydrogen-bond donors (Lipinski definition) is 0. The van der Waals surface area contributed by atoms with E-state index >= 15 is 0 Å². The second-order valence-electron chi connectivity index (χ2n) is 11.0. The second-order valence-corrected chi connectivity index (χ2v) is 11.0. The zero-order valence-corrected chi connectivity index (χ0v) is 20.0. The molecular formula is C26H43N5. The summed E-state index contributed by atoms with van der Waals surface area (Å²) in [4.78, 5) is 18.0. The average Bonchev–Trinajstić information content (AvgIpc) is 3.08. The number of piperazine rings is 1. The summed E-state index contributed by atoms with van der Waals surface area (Å²) in [5, 5.41) is 0. The van der Waals surface area contributed by atoms with Crippen molar-refractivity contribution in [2.45, 2.75) is 96.2 Å². The number of fused-ring (bicyclic) bond motifs is 2. The lowest BCUT2D eigenvalue weighted by molar-refractivity contribution is 0.0972. The fourth-order valence-electron chi connectivity index (χ4n) is 6.98. The molecule has 5 rings (SSSR count). The highest BCUT2D eigenvalue weighted by Gasteiger charge is 2.40. The SMILES string of the molecule is CCN1CC2CCC(C1)N2c1ccnc(C2CCN(C3CCC(C(C)C)CC3)CC2)n1. The van der Waals surface area contributed by atoms with E-state index in [1.54, 1.807) is 0 Å². The predicted molar refractivity (Wildman–Crippen MR) is 128 cm³/mol. The highest BCUT2D eigenvalue weighted by Crippen LogP contribution is 2.37. The van der Waals surface area contributed by atoms with E-state index in [2.05, 4.69) is 41.5 Å². The van der Waals surface area contributed by atoms with E-state index in [0.29, 0.717) is 18.0 Å². The van der Waals surface area contributed by atoms with Crippen LogP contribution in [0, 0.1) is 11.8 Å². The van der Waals surface area contributed by atoms with Gasteiger partial charge in [0.25, 0.3) is 0 Å². The standard InChI is InChI=1S/C26H43N5/c1-4-29-17-23-9-10-24(18-29)31(23)25-11-14-27-26(28-25)21-12-15-30(16-13-21)22-7-5-20(6-8-22)19(2)3/h11,14,19-24H,4-10,12-13,15-18H2,1-3H3. The molecule has 0 aromatic carbocycles.